The molecule has 1 fully saturated rings. The normalized spacial score (nSPS) is 13.9. The average Bonchev–Trinajstić information content (AvgIpc) is 3.28. The number of amides is 1. The summed E-state index contributed by atoms with van der Waals surface area (Å²) in [5.41, 5.74) is 0.696. The van der Waals surface area contributed by atoms with E-state index in [-0.39, 0.29) is 33.3 Å². The number of rotatable bonds is 4. The molecule has 0 atom stereocenters. The molecule has 0 saturated heterocycles. The number of carbonyl (C=O) groups is 1. The number of aromatic nitrogens is 4. The predicted molar refractivity (Wildman–Crippen MR) is 101 cm³/mol. The maximum atomic E-state index is 13.0. The second-order valence-electron chi connectivity index (χ2n) is 6.30. The zero-order valence-electron chi connectivity index (χ0n) is 14.7. The first-order chi connectivity index (χ1) is 13.8. The van der Waals surface area contributed by atoms with E-state index >= 15 is 0 Å². The standard InChI is InChI=1S/C18H13ClF3N5OSe/c19-15-5-1-4-14-16(29-18(20,21)22)13(25-27(14)15)3-2-8-23-17(28)11-9-24-26(10-11)12-6-7-12/h1,4-5,9-10,12H,6-8H2,(H,23,28). The maximum absolute atomic E-state index is 13.0. The molecule has 3 aromatic heterocycles. The summed E-state index contributed by atoms with van der Waals surface area (Å²) in [5.74, 6) is 4.95. The summed E-state index contributed by atoms with van der Waals surface area (Å²) in [6.07, 6.45) is 5.27. The third-order valence-electron chi connectivity index (χ3n) is 4.11. The van der Waals surface area contributed by atoms with Crippen LogP contribution >= 0.6 is 11.6 Å². The van der Waals surface area contributed by atoms with Crippen molar-refractivity contribution in [2.24, 2.45) is 0 Å². The van der Waals surface area contributed by atoms with E-state index in [1.807, 2.05) is 0 Å². The van der Waals surface area contributed by atoms with E-state index in [0.717, 1.165) is 12.8 Å². The van der Waals surface area contributed by atoms with Gasteiger partial charge < -0.3 is 0 Å². The van der Waals surface area contributed by atoms with Gasteiger partial charge in [0.05, 0.1) is 0 Å². The number of pyridine rings is 1. The van der Waals surface area contributed by atoms with E-state index < -0.39 is 20.0 Å². The van der Waals surface area contributed by atoms with Gasteiger partial charge in [-0.25, -0.2) is 0 Å². The van der Waals surface area contributed by atoms with Crippen LogP contribution in [0.5, 0.6) is 0 Å². The quantitative estimate of drug-likeness (QED) is 0.349. The van der Waals surface area contributed by atoms with E-state index in [4.69, 9.17) is 11.6 Å². The van der Waals surface area contributed by atoms with Crippen LogP contribution in [0.1, 0.15) is 34.9 Å². The van der Waals surface area contributed by atoms with Crippen LogP contribution in [0.25, 0.3) is 5.52 Å². The van der Waals surface area contributed by atoms with E-state index in [1.54, 1.807) is 16.9 Å². The van der Waals surface area contributed by atoms with Gasteiger partial charge in [0.1, 0.15) is 0 Å². The zero-order chi connectivity index (χ0) is 20.6. The molecule has 4 rings (SSSR count). The molecule has 0 unspecified atom stereocenters. The van der Waals surface area contributed by atoms with E-state index in [1.165, 1.54) is 22.8 Å². The number of hydrogen-bond acceptors (Lipinski definition) is 3. The topological polar surface area (TPSA) is 64.2 Å². The molecule has 29 heavy (non-hydrogen) atoms. The molecule has 1 aliphatic carbocycles. The molecular weight excluding hydrogens is 474 g/mol. The summed E-state index contributed by atoms with van der Waals surface area (Å²) in [5, 5.41) is 6.69. The summed E-state index contributed by atoms with van der Waals surface area (Å²) < 4.78 is 42.1. The van der Waals surface area contributed by atoms with Crippen molar-refractivity contribution in [3.05, 3.63) is 47.0 Å². The minimum absolute atomic E-state index is 0.00577. The van der Waals surface area contributed by atoms with Crippen LogP contribution in [0.4, 0.5) is 13.2 Å². The van der Waals surface area contributed by atoms with Crippen LogP contribution in [0.2, 0.25) is 5.15 Å². The molecule has 6 nitrogen and oxygen atoms in total. The van der Waals surface area contributed by atoms with Crippen molar-refractivity contribution in [1.29, 1.82) is 0 Å². The molecule has 1 aliphatic rings. The Kier molecular flexibility index (Phi) is 5.30. The van der Waals surface area contributed by atoms with Gasteiger partial charge >= 0.3 is 174 Å². The molecule has 3 aromatic rings. The Morgan fingerprint density at radius 1 is 1.38 bits per heavy atom. The van der Waals surface area contributed by atoms with Crippen molar-refractivity contribution in [3.8, 4) is 11.8 Å². The Hall–Kier alpha value is -2.47. The molecule has 0 spiro atoms. The Morgan fingerprint density at radius 3 is 2.90 bits per heavy atom. The Labute approximate surface area is 174 Å². The van der Waals surface area contributed by atoms with Gasteiger partial charge in [-0.2, -0.15) is 0 Å². The van der Waals surface area contributed by atoms with Gasteiger partial charge in [-0.3, -0.25) is 0 Å². The molecule has 1 saturated carbocycles. The van der Waals surface area contributed by atoms with Crippen molar-refractivity contribution < 1.29 is 18.0 Å². The van der Waals surface area contributed by atoms with E-state index in [0.29, 0.717) is 11.6 Å². The van der Waals surface area contributed by atoms with Gasteiger partial charge in [0.2, 0.25) is 0 Å². The van der Waals surface area contributed by atoms with Crippen LogP contribution in [-0.4, -0.2) is 51.9 Å². The number of fused-ring (bicyclic) bond motifs is 1. The van der Waals surface area contributed by atoms with Gasteiger partial charge in [0.15, 0.2) is 0 Å². The number of halogens is 4. The molecule has 1 amide bonds. The number of alkyl halides is 3. The Bertz CT molecular complexity index is 1140. The molecule has 0 bridgehead atoms. The van der Waals surface area contributed by atoms with Gasteiger partial charge in [-0.15, -0.1) is 0 Å². The first-order valence-electron chi connectivity index (χ1n) is 8.56. The van der Waals surface area contributed by atoms with E-state index in [2.05, 4.69) is 27.4 Å². The average molecular weight is 487 g/mol. The third kappa shape index (κ3) is 4.58. The fourth-order valence-corrected chi connectivity index (χ4v) is 4.29. The molecule has 11 heteroatoms. The zero-order valence-corrected chi connectivity index (χ0v) is 17.2. The predicted octanol–water partition coefficient (Wildman–Crippen LogP) is 2.15. The molecule has 3 heterocycles. The van der Waals surface area contributed by atoms with Gasteiger partial charge in [0, 0.05) is 0 Å². The summed E-state index contributed by atoms with van der Waals surface area (Å²) in [6.45, 7) is -0.0342. The summed E-state index contributed by atoms with van der Waals surface area (Å²) in [4.78, 5) is 12.1. The number of carbonyl (C=O) groups excluding carboxylic acids is 1. The number of hydrogen-bond donors (Lipinski definition) is 1. The van der Waals surface area contributed by atoms with Crippen molar-refractivity contribution >= 4 is 42.4 Å². The monoisotopic (exact) mass is 487 g/mol. The second kappa shape index (κ2) is 7.75. The fraction of sp³-hybridized carbons (Fsp3) is 0.278. The Balaban J connectivity index is 1.50. The molecule has 0 radical (unpaired) electrons. The summed E-state index contributed by atoms with van der Waals surface area (Å²) >= 11 is 4.20. The van der Waals surface area contributed by atoms with Crippen molar-refractivity contribution in [3.63, 3.8) is 0 Å². The number of nitrogens with one attached hydrogen (secondary N) is 1. The summed E-state index contributed by atoms with van der Waals surface area (Å²) in [7, 11) is 0. The molecule has 0 aliphatic heterocycles. The molecular formula is C18H13ClF3N5OSe. The molecule has 1 N–H and O–H groups in total. The van der Waals surface area contributed by atoms with Crippen molar-refractivity contribution in [1.82, 2.24) is 24.7 Å². The molecule has 0 aromatic carbocycles. The van der Waals surface area contributed by atoms with Gasteiger partial charge in [-0.05, 0) is 0 Å². The molecule has 150 valence electrons. The fourth-order valence-electron chi connectivity index (χ4n) is 2.66. The van der Waals surface area contributed by atoms with Crippen LogP contribution < -0.4 is 9.78 Å². The van der Waals surface area contributed by atoms with Crippen LogP contribution in [-0.2, 0) is 0 Å². The SMILES string of the molecule is O=C(NCC#Cc1nn2c(Cl)cccc2c1[Se]C(F)(F)F)c1cnn(C2CC2)c1. The van der Waals surface area contributed by atoms with Crippen LogP contribution in [0.3, 0.4) is 0 Å². The van der Waals surface area contributed by atoms with Gasteiger partial charge in [-0.1, -0.05) is 0 Å². The number of nitrogens with zero attached hydrogens (tertiary/aromatic N) is 4. The first-order valence-corrected chi connectivity index (χ1v) is 10.6. The van der Waals surface area contributed by atoms with Gasteiger partial charge in [0.25, 0.3) is 0 Å². The third-order valence-corrected chi connectivity index (χ3v) is 6.16. The first kappa shape index (κ1) is 19.8. The second-order valence-corrected chi connectivity index (χ2v) is 8.94. The summed E-state index contributed by atoms with van der Waals surface area (Å²) in [6, 6.07) is 4.98. The van der Waals surface area contributed by atoms with E-state index in [9.17, 15) is 18.0 Å². The van der Waals surface area contributed by atoms with Crippen LogP contribution in [0.15, 0.2) is 30.6 Å². The van der Waals surface area contributed by atoms with Crippen molar-refractivity contribution in [2.45, 2.75) is 24.0 Å². The minimum atomic E-state index is -4.36. The van der Waals surface area contributed by atoms with Crippen LogP contribution in [0, 0.1) is 11.8 Å². The Morgan fingerprint density at radius 2 is 2.17 bits per heavy atom. The van der Waals surface area contributed by atoms with Crippen molar-refractivity contribution in [2.75, 3.05) is 6.54 Å².